The molecular formula is C14H19N3OS. The first kappa shape index (κ1) is 14.0. The molecule has 0 saturated carbocycles. The van der Waals surface area contributed by atoms with Gasteiger partial charge in [0.1, 0.15) is 12.4 Å². The van der Waals surface area contributed by atoms with Gasteiger partial charge in [-0.2, -0.15) is 11.3 Å². The van der Waals surface area contributed by atoms with Gasteiger partial charge in [0.2, 0.25) is 0 Å². The molecule has 102 valence electrons. The van der Waals surface area contributed by atoms with Crippen LogP contribution < -0.4 is 5.32 Å². The summed E-state index contributed by atoms with van der Waals surface area (Å²) in [5.41, 5.74) is 2.08. The molecule has 5 heteroatoms. The number of anilines is 1. The van der Waals surface area contributed by atoms with E-state index in [1.54, 1.807) is 11.3 Å². The fourth-order valence-corrected chi connectivity index (χ4v) is 2.31. The molecule has 0 aromatic carbocycles. The Morgan fingerprint density at radius 1 is 1.32 bits per heavy atom. The Labute approximate surface area is 117 Å². The minimum atomic E-state index is 0.454. The lowest BCUT2D eigenvalue weighted by Crippen LogP contribution is -2.07. The fraction of sp³-hybridized carbons (Fsp3) is 0.429. The number of nitrogens with one attached hydrogen (secondary N) is 1. The van der Waals surface area contributed by atoms with E-state index in [4.69, 9.17) is 4.74 Å². The average Bonchev–Trinajstić information content (AvgIpc) is 2.97. The zero-order valence-corrected chi connectivity index (χ0v) is 12.2. The number of ether oxygens (including phenoxy) is 1. The molecule has 0 amide bonds. The van der Waals surface area contributed by atoms with Crippen molar-refractivity contribution in [2.24, 2.45) is 0 Å². The van der Waals surface area contributed by atoms with Crippen LogP contribution >= 0.6 is 11.3 Å². The van der Waals surface area contributed by atoms with Crippen molar-refractivity contribution in [2.75, 3.05) is 18.5 Å². The molecule has 2 rings (SSSR count). The predicted molar refractivity (Wildman–Crippen MR) is 79.5 cm³/mol. The Morgan fingerprint density at radius 3 is 2.89 bits per heavy atom. The maximum atomic E-state index is 5.40. The van der Waals surface area contributed by atoms with E-state index in [2.05, 4.69) is 39.0 Å². The van der Waals surface area contributed by atoms with Gasteiger partial charge < -0.3 is 10.1 Å². The molecule has 0 fully saturated rings. The minimum absolute atomic E-state index is 0.454. The molecule has 0 atom stereocenters. The van der Waals surface area contributed by atoms with Gasteiger partial charge in [0.15, 0.2) is 5.82 Å². The lowest BCUT2D eigenvalue weighted by Gasteiger charge is -2.09. The average molecular weight is 277 g/mol. The highest BCUT2D eigenvalue weighted by atomic mass is 32.1. The van der Waals surface area contributed by atoms with Crippen LogP contribution in [0, 0.1) is 0 Å². The topological polar surface area (TPSA) is 47.0 Å². The summed E-state index contributed by atoms with van der Waals surface area (Å²) in [6, 6.07) is 4.06. The Kier molecular flexibility index (Phi) is 5.30. The van der Waals surface area contributed by atoms with Crippen molar-refractivity contribution in [1.82, 2.24) is 9.97 Å². The van der Waals surface area contributed by atoms with Gasteiger partial charge in [0, 0.05) is 30.2 Å². The smallest absolute Gasteiger partial charge is 0.157 e. The van der Waals surface area contributed by atoms with Gasteiger partial charge in [0.25, 0.3) is 0 Å². The van der Waals surface area contributed by atoms with E-state index in [1.165, 1.54) is 0 Å². The second-order valence-corrected chi connectivity index (χ2v) is 4.91. The second-order valence-electron chi connectivity index (χ2n) is 4.13. The Morgan fingerprint density at radius 2 is 2.21 bits per heavy atom. The molecule has 0 spiro atoms. The summed E-state index contributed by atoms with van der Waals surface area (Å²) in [5.74, 6) is 1.59. The molecule has 0 aliphatic carbocycles. The second kappa shape index (κ2) is 7.21. The van der Waals surface area contributed by atoms with Gasteiger partial charge in [-0.25, -0.2) is 9.97 Å². The van der Waals surface area contributed by atoms with E-state index < -0.39 is 0 Å². The number of hydrogen-bond acceptors (Lipinski definition) is 5. The molecule has 2 aromatic heterocycles. The van der Waals surface area contributed by atoms with Crippen LogP contribution in [-0.4, -0.2) is 23.1 Å². The van der Waals surface area contributed by atoms with Crippen molar-refractivity contribution in [3.05, 3.63) is 28.7 Å². The van der Waals surface area contributed by atoms with E-state index in [0.717, 1.165) is 35.9 Å². The fourth-order valence-electron chi connectivity index (χ4n) is 1.66. The molecule has 1 N–H and O–H groups in total. The molecule has 0 aliphatic rings. The van der Waals surface area contributed by atoms with Crippen molar-refractivity contribution in [3.8, 4) is 11.3 Å². The summed E-state index contributed by atoms with van der Waals surface area (Å²) in [6.07, 6.45) is 1.07. The molecule has 0 saturated heterocycles. The first-order valence-corrected chi connectivity index (χ1v) is 7.50. The third-order valence-corrected chi connectivity index (χ3v) is 3.26. The first-order valence-electron chi connectivity index (χ1n) is 6.55. The maximum absolute atomic E-state index is 5.40. The predicted octanol–water partition coefficient (Wildman–Crippen LogP) is 3.56. The van der Waals surface area contributed by atoms with Crippen LogP contribution in [0.3, 0.4) is 0 Å². The van der Waals surface area contributed by atoms with Gasteiger partial charge in [-0.05, 0) is 24.8 Å². The number of thiophene rings is 1. The number of hydrogen-bond donors (Lipinski definition) is 1. The summed E-state index contributed by atoms with van der Waals surface area (Å²) in [7, 11) is 0. The van der Waals surface area contributed by atoms with Gasteiger partial charge in [-0.3, -0.25) is 0 Å². The van der Waals surface area contributed by atoms with Crippen LogP contribution in [-0.2, 0) is 11.3 Å². The SMILES string of the molecule is CCCNc1cc(-c2ccsc2)nc(COCC)n1. The summed E-state index contributed by atoms with van der Waals surface area (Å²) >= 11 is 1.67. The van der Waals surface area contributed by atoms with Crippen LogP contribution in [0.2, 0.25) is 0 Å². The maximum Gasteiger partial charge on any atom is 0.157 e. The molecule has 0 bridgehead atoms. The quantitative estimate of drug-likeness (QED) is 0.840. The summed E-state index contributed by atoms with van der Waals surface area (Å²) in [6.45, 7) is 6.14. The Hall–Kier alpha value is -1.46. The standard InChI is InChI=1S/C14H19N3OS/c1-3-6-15-13-8-12(11-5-7-19-10-11)16-14(17-13)9-18-4-2/h5,7-8,10H,3-4,6,9H2,1-2H3,(H,15,16,17). The van der Waals surface area contributed by atoms with Gasteiger partial charge in [0.05, 0.1) is 5.69 Å². The van der Waals surface area contributed by atoms with E-state index in [9.17, 15) is 0 Å². The molecule has 4 nitrogen and oxygen atoms in total. The van der Waals surface area contributed by atoms with Crippen LogP contribution in [0.25, 0.3) is 11.3 Å². The molecule has 0 aliphatic heterocycles. The van der Waals surface area contributed by atoms with Crippen LogP contribution in [0.4, 0.5) is 5.82 Å². The third-order valence-electron chi connectivity index (χ3n) is 2.58. The van der Waals surface area contributed by atoms with Crippen molar-refractivity contribution < 1.29 is 4.74 Å². The van der Waals surface area contributed by atoms with E-state index in [-0.39, 0.29) is 0 Å². The Bertz CT molecular complexity index is 473. The normalized spacial score (nSPS) is 10.6. The molecular weight excluding hydrogens is 258 g/mol. The highest BCUT2D eigenvalue weighted by Crippen LogP contribution is 2.22. The Balaban J connectivity index is 2.25. The van der Waals surface area contributed by atoms with Crippen molar-refractivity contribution in [2.45, 2.75) is 26.9 Å². The lowest BCUT2D eigenvalue weighted by molar-refractivity contribution is 0.128. The van der Waals surface area contributed by atoms with Gasteiger partial charge in [-0.1, -0.05) is 6.92 Å². The third kappa shape index (κ3) is 4.01. The van der Waals surface area contributed by atoms with E-state index >= 15 is 0 Å². The zero-order chi connectivity index (χ0) is 13.5. The highest BCUT2D eigenvalue weighted by molar-refractivity contribution is 7.08. The highest BCUT2D eigenvalue weighted by Gasteiger charge is 2.07. The van der Waals surface area contributed by atoms with Crippen LogP contribution in [0.1, 0.15) is 26.1 Å². The zero-order valence-electron chi connectivity index (χ0n) is 11.3. The molecule has 2 aromatic rings. The molecule has 0 unspecified atom stereocenters. The van der Waals surface area contributed by atoms with E-state index in [1.807, 2.05) is 13.0 Å². The number of nitrogens with zero attached hydrogens (tertiary/aromatic N) is 2. The lowest BCUT2D eigenvalue weighted by atomic mass is 10.2. The van der Waals surface area contributed by atoms with Crippen molar-refractivity contribution in [3.63, 3.8) is 0 Å². The number of rotatable bonds is 7. The molecule has 2 heterocycles. The first-order chi connectivity index (χ1) is 9.33. The summed E-state index contributed by atoms with van der Waals surface area (Å²) < 4.78 is 5.40. The van der Waals surface area contributed by atoms with Crippen LogP contribution in [0.15, 0.2) is 22.9 Å². The monoisotopic (exact) mass is 277 g/mol. The van der Waals surface area contributed by atoms with Crippen LogP contribution in [0.5, 0.6) is 0 Å². The van der Waals surface area contributed by atoms with Crippen molar-refractivity contribution >= 4 is 17.2 Å². The summed E-state index contributed by atoms with van der Waals surface area (Å²) in [4.78, 5) is 9.03. The van der Waals surface area contributed by atoms with Gasteiger partial charge in [-0.15, -0.1) is 0 Å². The van der Waals surface area contributed by atoms with Crippen molar-refractivity contribution in [1.29, 1.82) is 0 Å². The molecule has 19 heavy (non-hydrogen) atoms. The molecule has 0 radical (unpaired) electrons. The minimum Gasteiger partial charge on any atom is -0.374 e. The summed E-state index contributed by atoms with van der Waals surface area (Å²) in [5, 5.41) is 7.46. The van der Waals surface area contributed by atoms with E-state index in [0.29, 0.717) is 13.2 Å². The largest absolute Gasteiger partial charge is 0.374 e. The number of aromatic nitrogens is 2. The van der Waals surface area contributed by atoms with Gasteiger partial charge >= 0.3 is 0 Å².